The lowest BCUT2D eigenvalue weighted by Gasteiger charge is -2.24. The molecule has 8 heteroatoms. The van der Waals surface area contributed by atoms with E-state index >= 15 is 0 Å². The lowest BCUT2D eigenvalue weighted by Crippen LogP contribution is -2.38. The fourth-order valence-electron chi connectivity index (χ4n) is 3.32. The SMILES string of the molecule is COc1n[nH]c2cc(NC(=O)N[C@H](c3ccccc3)[C@@H]3CCCO3)ncc12. The molecule has 8 nitrogen and oxygen atoms in total. The van der Waals surface area contributed by atoms with E-state index in [-0.39, 0.29) is 18.2 Å². The molecule has 1 fully saturated rings. The van der Waals surface area contributed by atoms with Crippen molar-refractivity contribution in [3.8, 4) is 5.88 Å². The molecule has 2 atom stereocenters. The first-order valence-corrected chi connectivity index (χ1v) is 8.87. The molecule has 3 aromatic rings. The number of nitrogens with one attached hydrogen (secondary N) is 3. The number of ether oxygens (including phenoxy) is 2. The number of benzene rings is 1. The Kier molecular flexibility index (Phi) is 4.88. The Hall–Kier alpha value is -3.13. The summed E-state index contributed by atoms with van der Waals surface area (Å²) in [4.78, 5) is 16.8. The normalized spacial score (nSPS) is 17.6. The number of fused-ring (bicyclic) bond motifs is 1. The van der Waals surface area contributed by atoms with Crippen LogP contribution in [0, 0.1) is 0 Å². The molecule has 0 spiro atoms. The van der Waals surface area contributed by atoms with E-state index in [4.69, 9.17) is 9.47 Å². The number of anilines is 1. The summed E-state index contributed by atoms with van der Waals surface area (Å²) in [5.74, 6) is 0.890. The van der Waals surface area contributed by atoms with Gasteiger partial charge in [0.1, 0.15) is 5.82 Å². The maximum atomic E-state index is 12.6. The molecule has 4 rings (SSSR count). The minimum absolute atomic E-state index is 0.0366. The van der Waals surface area contributed by atoms with Gasteiger partial charge in [-0.2, -0.15) is 0 Å². The second-order valence-corrected chi connectivity index (χ2v) is 6.39. The van der Waals surface area contributed by atoms with E-state index in [0.717, 1.165) is 35.9 Å². The van der Waals surface area contributed by atoms with Crippen molar-refractivity contribution in [3.05, 3.63) is 48.2 Å². The molecule has 1 saturated heterocycles. The smallest absolute Gasteiger partial charge is 0.320 e. The van der Waals surface area contributed by atoms with E-state index < -0.39 is 0 Å². The number of pyridine rings is 1. The molecule has 3 heterocycles. The molecular weight excluding hydrogens is 346 g/mol. The first-order chi connectivity index (χ1) is 13.2. The van der Waals surface area contributed by atoms with Crippen molar-refractivity contribution in [2.75, 3.05) is 19.0 Å². The van der Waals surface area contributed by atoms with Gasteiger partial charge in [0.05, 0.1) is 30.2 Å². The Balaban J connectivity index is 1.49. The number of carbonyl (C=O) groups excluding carboxylic acids is 1. The summed E-state index contributed by atoms with van der Waals surface area (Å²) in [6, 6.07) is 11.0. The standard InChI is InChI=1S/C19H21N5O3/c1-26-18-13-11-20-16(10-14(13)23-24-18)21-19(25)22-17(15-8-5-9-27-15)12-6-3-2-4-7-12/h2-4,6-7,10-11,15,17H,5,8-9H2,1H3,(H,23,24)(H2,20,21,22,25)/t15-,17+/m0/s1. The Morgan fingerprint density at radius 3 is 2.96 bits per heavy atom. The monoisotopic (exact) mass is 367 g/mol. The average molecular weight is 367 g/mol. The Bertz CT molecular complexity index is 921. The van der Waals surface area contributed by atoms with Gasteiger partial charge in [-0.25, -0.2) is 9.78 Å². The van der Waals surface area contributed by atoms with Crippen LogP contribution >= 0.6 is 0 Å². The number of amides is 2. The third-order valence-corrected chi connectivity index (χ3v) is 4.63. The Morgan fingerprint density at radius 1 is 1.37 bits per heavy atom. The maximum Gasteiger partial charge on any atom is 0.320 e. The molecule has 0 radical (unpaired) electrons. The van der Waals surface area contributed by atoms with Crippen LogP contribution in [0.5, 0.6) is 5.88 Å². The Morgan fingerprint density at radius 2 is 2.22 bits per heavy atom. The van der Waals surface area contributed by atoms with E-state index in [1.807, 2.05) is 30.3 Å². The number of H-pyrrole nitrogens is 1. The van der Waals surface area contributed by atoms with E-state index in [1.54, 1.807) is 19.4 Å². The van der Waals surface area contributed by atoms with Gasteiger partial charge in [-0.05, 0) is 18.4 Å². The zero-order valence-electron chi connectivity index (χ0n) is 14.9. The zero-order valence-corrected chi connectivity index (χ0v) is 14.9. The summed E-state index contributed by atoms with van der Waals surface area (Å²) in [5.41, 5.74) is 1.75. The molecule has 0 unspecified atom stereocenters. The molecule has 1 aromatic carbocycles. The lowest BCUT2D eigenvalue weighted by atomic mass is 9.99. The molecule has 3 N–H and O–H groups in total. The molecule has 2 aromatic heterocycles. The Labute approximate surface area is 156 Å². The fraction of sp³-hybridized carbons (Fsp3) is 0.316. The predicted octanol–water partition coefficient (Wildman–Crippen LogP) is 3.01. The number of aromatic amines is 1. The number of hydrogen-bond acceptors (Lipinski definition) is 5. The summed E-state index contributed by atoms with van der Waals surface area (Å²) in [6.45, 7) is 0.719. The van der Waals surface area contributed by atoms with Crippen molar-refractivity contribution >= 4 is 22.8 Å². The largest absolute Gasteiger partial charge is 0.479 e. The predicted molar refractivity (Wildman–Crippen MR) is 101 cm³/mol. The number of methoxy groups -OCH3 is 1. The van der Waals surface area contributed by atoms with Gasteiger partial charge in [-0.1, -0.05) is 30.3 Å². The van der Waals surface area contributed by atoms with E-state index in [2.05, 4.69) is 25.8 Å². The molecule has 0 saturated carbocycles. The number of nitrogens with zero attached hydrogens (tertiary/aromatic N) is 2. The van der Waals surface area contributed by atoms with Crippen molar-refractivity contribution in [1.82, 2.24) is 20.5 Å². The van der Waals surface area contributed by atoms with Crippen molar-refractivity contribution < 1.29 is 14.3 Å². The van der Waals surface area contributed by atoms with Crippen molar-refractivity contribution in [2.24, 2.45) is 0 Å². The van der Waals surface area contributed by atoms with Crippen LogP contribution in [0.3, 0.4) is 0 Å². The number of rotatable bonds is 5. The number of carbonyl (C=O) groups is 1. The maximum absolute atomic E-state index is 12.6. The molecule has 1 aliphatic heterocycles. The molecule has 140 valence electrons. The number of urea groups is 1. The van der Waals surface area contributed by atoms with Crippen LogP contribution in [0.2, 0.25) is 0 Å². The summed E-state index contributed by atoms with van der Waals surface area (Å²) in [6.07, 6.45) is 3.49. The second kappa shape index (κ2) is 7.63. The first kappa shape index (κ1) is 17.3. The van der Waals surface area contributed by atoms with Gasteiger partial charge in [0.25, 0.3) is 0 Å². The minimum Gasteiger partial charge on any atom is -0.479 e. The highest BCUT2D eigenvalue weighted by Crippen LogP contribution is 2.27. The second-order valence-electron chi connectivity index (χ2n) is 6.39. The van der Waals surface area contributed by atoms with Crippen LogP contribution in [0.25, 0.3) is 10.9 Å². The first-order valence-electron chi connectivity index (χ1n) is 8.87. The van der Waals surface area contributed by atoms with E-state index in [9.17, 15) is 4.79 Å². The highest BCUT2D eigenvalue weighted by Gasteiger charge is 2.28. The van der Waals surface area contributed by atoms with Crippen LogP contribution in [-0.4, -0.2) is 41.0 Å². The lowest BCUT2D eigenvalue weighted by molar-refractivity contribution is 0.0815. The van der Waals surface area contributed by atoms with Crippen LogP contribution in [0.1, 0.15) is 24.4 Å². The van der Waals surface area contributed by atoms with Gasteiger partial charge in [0.15, 0.2) is 0 Å². The molecule has 0 bridgehead atoms. The van der Waals surface area contributed by atoms with E-state index in [1.165, 1.54) is 0 Å². The van der Waals surface area contributed by atoms with Gasteiger partial charge in [-0.3, -0.25) is 10.4 Å². The summed E-state index contributed by atoms with van der Waals surface area (Å²) in [5, 5.41) is 13.5. The molecule has 2 amide bonds. The third-order valence-electron chi connectivity index (χ3n) is 4.63. The van der Waals surface area contributed by atoms with Crippen molar-refractivity contribution in [2.45, 2.75) is 25.0 Å². The minimum atomic E-state index is -0.335. The van der Waals surface area contributed by atoms with Crippen LogP contribution in [0.15, 0.2) is 42.6 Å². The number of hydrogen-bond donors (Lipinski definition) is 3. The van der Waals surface area contributed by atoms with Gasteiger partial charge in [0.2, 0.25) is 5.88 Å². The third kappa shape index (κ3) is 3.70. The van der Waals surface area contributed by atoms with Crippen LogP contribution in [-0.2, 0) is 4.74 Å². The van der Waals surface area contributed by atoms with E-state index in [0.29, 0.717) is 11.7 Å². The van der Waals surface area contributed by atoms with Crippen LogP contribution < -0.4 is 15.4 Å². The molecule has 27 heavy (non-hydrogen) atoms. The zero-order chi connectivity index (χ0) is 18.6. The van der Waals surface area contributed by atoms with Crippen molar-refractivity contribution in [1.29, 1.82) is 0 Å². The summed E-state index contributed by atoms with van der Waals surface area (Å²) >= 11 is 0. The van der Waals surface area contributed by atoms with Gasteiger partial charge < -0.3 is 14.8 Å². The fourth-order valence-corrected chi connectivity index (χ4v) is 3.32. The average Bonchev–Trinajstić information content (AvgIpc) is 3.36. The quantitative estimate of drug-likeness (QED) is 0.643. The van der Waals surface area contributed by atoms with Gasteiger partial charge in [-0.15, -0.1) is 5.10 Å². The summed E-state index contributed by atoms with van der Waals surface area (Å²) < 4.78 is 11.0. The van der Waals surface area contributed by atoms with Crippen molar-refractivity contribution in [3.63, 3.8) is 0 Å². The van der Waals surface area contributed by atoms with Gasteiger partial charge >= 0.3 is 6.03 Å². The van der Waals surface area contributed by atoms with Crippen LogP contribution in [0.4, 0.5) is 10.6 Å². The highest BCUT2D eigenvalue weighted by molar-refractivity contribution is 5.92. The topological polar surface area (TPSA) is 101 Å². The highest BCUT2D eigenvalue weighted by atomic mass is 16.5. The molecule has 0 aliphatic carbocycles. The number of aromatic nitrogens is 3. The molecular formula is C19H21N5O3. The van der Waals surface area contributed by atoms with Gasteiger partial charge in [0, 0.05) is 18.9 Å². The molecule has 1 aliphatic rings. The summed E-state index contributed by atoms with van der Waals surface area (Å²) in [7, 11) is 1.55.